The van der Waals surface area contributed by atoms with Crippen LogP contribution < -0.4 is 5.32 Å². The summed E-state index contributed by atoms with van der Waals surface area (Å²) in [5.74, 6) is 0.627. The van der Waals surface area contributed by atoms with E-state index in [0.717, 1.165) is 12.0 Å². The van der Waals surface area contributed by atoms with Crippen molar-refractivity contribution in [1.82, 2.24) is 5.32 Å². The molecule has 0 radical (unpaired) electrons. The maximum absolute atomic E-state index is 11.2. The van der Waals surface area contributed by atoms with Crippen LogP contribution in [0.2, 0.25) is 0 Å². The fourth-order valence-electron chi connectivity index (χ4n) is 1.41. The molecule has 0 aliphatic carbocycles. The summed E-state index contributed by atoms with van der Waals surface area (Å²) in [6.45, 7) is 4.37. The Morgan fingerprint density at radius 2 is 1.86 bits per heavy atom. The van der Waals surface area contributed by atoms with E-state index in [1.807, 2.05) is 24.3 Å². The summed E-state index contributed by atoms with van der Waals surface area (Å²) < 4.78 is 0. The quantitative estimate of drug-likeness (QED) is 0.780. The van der Waals surface area contributed by atoms with Crippen LogP contribution in [0.25, 0.3) is 0 Å². The monoisotopic (exact) mass is 191 g/mol. The van der Waals surface area contributed by atoms with Crippen LogP contribution in [0.1, 0.15) is 29.8 Å². The summed E-state index contributed by atoms with van der Waals surface area (Å²) in [6, 6.07) is 7.78. The first kappa shape index (κ1) is 10.8. The van der Waals surface area contributed by atoms with Crippen LogP contribution in [0, 0.1) is 5.92 Å². The highest BCUT2D eigenvalue weighted by Gasteiger charge is 2.02. The van der Waals surface area contributed by atoms with Crippen LogP contribution >= 0.6 is 0 Å². The molecule has 1 aromatic carbocycles. The van der Waals surface area contributed by atoms with E-state index in [1.165, 1.54) is 5.56 Å². The summed E-state index contributed by atoms with van der Waals surface area (Å²) in [4.78, 5) is 11.2. The van der Waals surface area contributed by atoms with Crippen LogP contribution in [0.3, 0.4) is 0 Å². The van der Waals surface area contributed by atoms with E-state index in [1.54, 1.807) is 7.05 Å². The van der Waals surface area contributed by atoms with Crippen LogP contribution in [-0.4, -0.2) is 13.0 Å². The van der Waals surface area contributed by atoms with Crippen molar-refractivity contribution >= 4 is 5.91 Å². The highest BCUT2D eigenvalue weighted by Crippen LogP contribution is 2.09. The molecule has 0 aliphatic heterocycles. The molecule has 0 aliphatic rings. The molecule has 0 saturated heterocycles. The van der Waals surface area contributed by atoms with Crippen molar-refractivity contribution in [2.45, 2.75) is 20.3 Å². The molecular formula is C12H17NO. The van der Waals surface area contributed by atoms with Crippen LogP contribution in [-0.2, 0) is 6.42 Å². The van der Waals surface area contributed by atoms with Gasteiger partial charge in [-0.15, -0.1) is 0 Å². The largest absolute Gasteiger partial charge is 0.355 e. The van der Waals surface area contributed by atoms with Crippen LogP contribution in [0.4, 0.5) is 0 Å². The minimum atomic E-state index is -0.0268. The lowest BCUT2D eigenvalue weighted by Crippen LogP contribution is -2.17. The Morgan fingerprint density at radius 3 is 2.29 bits per heavy atom. The van der Waals surface area contributed by atoms with Crippen molar-refractivity contribution in [3.05, 3.63) is 35.4 Å². The average molecular weight is 191 g/mol. The summed E-state index contributed by atoms with van der Waals surface area (Å²) in [7, 11) is 1.64. The van der Waals surface area contributed by atoms with Gasteiger partial charge in [-0.05, 0) is 30.0 Å². The maximum Gasteiger partial charge on any atom is 0.251 e. The molecule has 14 heavy (non-hydrogen) atoms. The van der Waals surface area contributed by atoms with Crippen molar-refractivity contribution in [3.63, 3.8) is 0 Å². The number of benzene rings is 1. The number of carbonyl (C=O) groups is 1. The fraction of sp³-hybridized carbons (Fsp3) is 0.417. The first-order valence-corrected chi connectivity index (χ1v) is 4.94. The predicted molar refractivity (Wildman–Crippen MR) is 58.4 cm³/mol. The Morgan fingerprint density at radius 1 is 1.29 bits per heavy atom. The molecule has 0 atom stereocenters. The summed E-state index contributed by atoms with van der Waals surface area (Å²) in [5.41, 5.74) is 2.01. The number of hydrogen-bond donors (Lipinski definition) is 1. The first-order chi connectivity index (χ1) is 6.63. The van der Waals surface area contributed by atoms with E-state index in [0.29, 0.717) is 5.92 Å². The van der Waals surface area contributed by atoms with Gasteiger partial charge in [-0.3, -0.25) is 4.79 Å². The van der Waals surface area contributed by atoms with Gasteiger partial charge in [0.05, 0.1) is 0 Å². The van der Waals surface area contributed by atoms with Gasteiger partial charge in [0.15, 0.2) is 0 Å². The molecule has 1 rings (SSSR count). The summed E-state index contributed by atoms with van der Waals surface area (Å²) >= 11 is 0. The first-order valence-electron chi connectivity index (χ1n) is 4.94. The van der Waals surface area contributed by atoms with E-state index in [-0.39, 0.29) is 5.91 Å². The van der Waals surface area contributed by atoms with E-state index < -0.39 is 0 Å². The van der Waals surface area contributed by atoms with Gasteiger partial charge < -0.3 is 5.32 Å². The lowest BCUT2D eigenvalue weighted by molar-refractivity contribution is 0.0963. The zero-order valence-electron chi connectivity index (χ0n) is 9.00. The number of amides is 1. The van der Waals surface area contributed by atoms with E-state index in [9.17, 15) is 4.79 Å². The zero-order chi connectivity index (χ0) is 10.6. The van der Waals surface area contributed by atoms with Gasteiger partial charge in [0, 0.05) is 12.6 Å². The molecule has 0 unspecified atom stereocenters. The highest BCUT2D eigenvalue weighted by molar-refractivity contribution is 5.93. The molecule has 0 saturated carbocycles. The third-order valence-corrected chi connectivity index (χ3v) is 2.09. The maximum atomic E-state index is 11.2. The fourth-order valence-corrected chi connectivity index (χ4v) is 1.41. The zero-order valence-corrected chi connectivity index (χ0v) is 9.00. The van der Waals surface area contributed by atoms with Gasteiger partial charge in [-0.2, -0.15) is 0 Å². The number of rotatable bonds is 3. The minimum Gasteiger partial charge on any atom is -0.355 e. The van der Waals surface area contributed by atoms with E-state index >= 15 is 0 Å². The van der Waals surface area contributed by atoms with Crippen molar-refractivity contribution < 1.29 is 4.79 Å². The van der Waals surface area contributed by atoms with Crippen molar-refractivity contribution in [3.8, 4) is 0 Å². The van der Waals surface area contributed by atoms with E-state index in [2.05, 4.69) is 19.2 Å². The molecule has 1 amide bonds. The lowest BCUT2D eigenvalue weighted by Gasteiger charge is -2.05. The molecule has 2 nitrogen and oxygen atoms in total. The normalized spacial score (nSPS) is 10.3. The highest BCUT2D eigenvalue weighted by atomic mass is 16.1. The van der Waals surface area contributed by atoms with Crippen molar-refractivity contribution in [1.29, 1.82) is 0 Å². The van der Waals surface area contributed by atoms with Gasteiger partial charge >= 0.3 is 0 Å². The molecule has 1 aromatic rings. The second kappa shape index (κ2) is 4.80. The molecule has 0 heterocycles. The Labute approximate surface area is 85.3 Å². The van der Waals surface area contributed by atoms with Gasteiger partial charge in [0.2, 0.25) is 0 Å². The molecule has 0 spiro atoms. The SMILES string of the molecule is CNC(=O)c1ccc(CC(C)C)cc1. The molecule has 0 aromatic heterocycles. The summed E-state index contributed by atoms with van der Waals surface area (Å²) in [6.07, 6.45) is 1.06. The van der Waals surface area contributed by atoms with Gasteiger partial charge in [0.25, 0.3) is 5.91 Å². The molecule has 76 valence electrons. The number of hydrogen-bond acceptors (Lipinski definition) is 1. The Kier molecular flexibility index (Phi) is 3.69. The van der Waals surface area contributed by atoms with Crippen molar-refractivity contribution in [2.24, 2.45) is 5.92 Å². The minimum absolute atomic E-state index is 0.0268. The molecule has 0 fully saturated rings. The predicted octanol–water partition coefficient (Wildman–Crippen LogP) is 2.24. The number of nitrogens with one attached hydrogen (secondary N) is 1. The third-order valence-electron chi connectivity index (χ3n) is 2.09. The Hall–Kier alpha value is -1.31. The smallest absolute Gasteiger partial charge is 0.251 e. The lowest BCUT2D eigenvalue weighted by atomic mass is 10.0. The Bertz CT molecular complexity index is 301. The molecule has 1 N–H and O–H groups in total. The van der Waals surface area contributed by atoms with Gasteiger partial charge in [0.1, 0.15) is 0 Å². The molecule has 2 heteroatoms. The Balaban J connectivity index is 2.73. The van der Waals surface area contributed by atoms with Gasteiger partial charge in [-0.1, -0.05) is 26.0 Å². The molecular weight excluding hydrogens is 174 g/mol. The van der Waals surface area contributed by atoms with Crippen LogP contribution in [0.15, 0.2) is 24.3 Å². The van der Waals surface area contributed by atoms with Gasteiger partial charge in [-0.25, -0.2) is 0 Å². The summed E-state index contributed by atoms with van der Waals surface area (Å²) in [5, 5.41) is 2.60. The standard InChI is InChI=1S/C12H17NO/c1-9(2)8-10-4-6-11(7-5-10)12(14)13-3/h4-7,9H,8H2,1-3H3,(H,13,14). The van der Waals surface area contributed by atoms with E-state index in [4.69, 9.17) is 0 Å². The topological polar surface area (TPSA) is 29.1 Å². The van der Waals surface area contributed by atoms with Crippen molar-refractivity contribution in [2.75, 3.05) is 7.05 Å². The average Bonchev–Trinajstić information content (AvgIpc) is 2.17. The second-order valence-corrected chi connectivity index (χ2v) is 3.87. The third kappa shape index (κ3) is 2.87. The number of carbonyl (C=O) groups excluding carboxylic acids is 1. The molecule has 0 bridgehead atoms. The van der Waals surface area contributed by atoms with Crippen LogP contribution in [0.5, 0.6) is 0 Å². The second-order valence-electron chi connectivity index (χ2n) is 3.87.